The van der Waals surface area contributed by atoms with Crippen LogP contribution in [-0.2, 0) is 11.2 Å². The van der Waals surface area contributed by atoms with Crippen molar-refractivity contribution in [1.82, 2.24) is 5.32 Å². The summed E-state index contributed by atoms with van der Waals surface area (Å²) in [7, 11) is 0. The Labute approximate surface area is 104 Å². The fourth-order valence-electron chi connectivity index (χ4n) is 2.14. The number of hydrogen-bond acceptors (Lipinski definition) is 2. The molecular weight excluding hydrogens is 210 g/mol. The molecule has 2 heteroatoms. The molecular formula is C15H21NO. The first-order valence-electron chi connectivity index (χ1n) is 6.31. The molecule has 0 aromatic heterocycles. The molecule has 1 aliphatic heterocycles. The normalized spacial score (nSPS) is 18.6. The van der Waals surface area contributed by atoms with Crippen molar-refractivity contribution in [3.8, 4) is 0 Å². The SMILES string of the molecule is CC(C)=CCNCC1OCCc2ccccc21. The van der Waals surface area contributed by atoms with Crippen LogP contribution < -0.4 is 5.32 Å². The number of ether oxygens (including phenoxy) is 1. The lowest BCUT2D eigenvalue weighted by Gasteiger charge is -2.26. The zero-order chi connectivity index (χ0) is 12.1. The van der Waals surface area contributed by atoms with Crippen LogP contribution in [0.2, 0.25) is 0 Å². The Morgan fingerprint density at radius 2 is 2.24 bits per heavy atom. The molecule has 0 saturated heterocycles. The fraction of sp³-hybridized carbons (Fsp3) is 0.467. The van der Waals surface area contributed by atoms with Gasteiger partial charge in [-0.3, -0.25) is 0 Å². The van der Waals surface area contributed by atoms with Crippen molar-refractivity contribution in [1.29, 1.82) is 0 Å². The number of nitrogens with one attached hydrogen (secondary N) is 1. The highest BCUT2D eigenvalue weighted by Gasteiger charge is 2.19. The molecule has 0 bridgehead atoms. The second-order valence-electron chi connectivity index (χ2n) is 4.75. The molecule has 92 valence electrons. The maximum atomic E-state index is 5.83. The molecule has 0 spiro atoms. The Kier molecular flexibility index (Phi) is 4.35. The lowest BCUT2D eigenvalue weighted by molar-refractivity contribution is 0.0432. The maximum absolute atomic E-state index is 5.83. The maximum Gasteiger partial charge on any atom is 0.0952 e. The van der Waals surface area contributed by atoms with Gasteiger partial charge in [-0.1, -0.05) is 35.9 Å². The van der Waals surface area contributed by atoms with Gasteiger partial charge in [-0.05, 0) is 31.4 Å². The van der Waals surface area contributed by atoms with E-state index in [1.807, 2.05) is 0 Å². The van der Waals surface area contributed by atoms with E-state index < -0.39 is 0 Å². The number of allylic oxidation sites excluding steroid dienone is 1. The highest BCUT2D eigenvalue weighted by Crippen LogP contribution is 2.25. The van der Waals surface area contributed by atoms with Crippen molar-refractivity contribution in [3.05, 3.63) is 47.0 Å². The van der Waals surface area contributed by atoms with Gasteiger partial charge in [-0.15, -0.1) is 0 Å². The summed E-state index contributed by atoms with van der Waals surface area (Å²) in [6.45, 7) is 6.89. The van der Waals surface area contributed by atoms with Gasteiger partial charge in [0, 0.05) is 13.1 Å². The van der Waals surface area contributed by atoms with E-state index in [2.05, 4.69) is 49.5 Å². The van der Waals surface area contributed by atoms with E-state index in [4.69, 9.17) is 4.74 Å². The van der Waals surface area contributed by atoms with Crippen molar-refractivity contribution in [2.24, 2.45) is 0 Å². The standard InChI is InChI=1S/C15H21NO/c1-12(2)7-9-16-11-15-14-6-4-3-5-13(14)8-10-17-15/h3-7,15-16H,8-11H2,1-2H3. The van der Waals surface area contributed by atoms with Gasteiger partial charge < -0.3 is 10.1 Å². The van der Waals surface area contributed by atoms with E-state index >= 15 is 0 Å². The second kappa shape index (κ2) is 5.99. The topological polar surface area (TPSA) is 21.3 Å². The summed E-state index contributed by atoms with van der Waals surface area (Å²) < 4.78 is 5.83. The zero-order valence-electron chi connectivity index (χ0n) is 10.7. The largest absolute Gasteiger partial charge is 0.372 e. The van der Waals surface area contributed by atoms with E-state index in [1.54, 1.807) is 0 Å². The van der Waals surface area contributed by atoms with Crippen molar-refractivity contribution in [2.75, 3.05) is 19.7 Å². The highest BCUT2D eigenvalue weighted by atomic mass is 16.5. The average molecular weight is 231 g/mol. The molecule has 0 fully saturated rings. The van der Waals surface area contributed by atoms with Gasteiger partial charge >= 0.3 is 0 Å². The smallest absolute Gasteiger partial charge is 0.0952 e. The summed E-state index contributed by atoms with van der Waals surface area (Å²) in [6.07, 6.45) is 3.46. The van der Waals surface area contributed by atoms with Crippen LogP contribution in [0.15, 0.2) is 35.9 Å². The van der Waals surface area contributed by atoms with Gasteiger partial charge in [-0.2, -0.15) is 0 Å². The minimum absolute atomic E-state index is 0.213. The number of benzene rings is 1. The zero-order valence-corrected chi connectivity index (χ0v) is 10.7. The summed E-state index contributed by atoms with van der Waals surface area (Å²) in [6, 6.07) is 8.59. The third kappa shape index (κ3) is 3.42. The summed E-state index contributed by atoms with van der Waals surface area (Å²) in [4.78, 5) is 0. The van der Waals surface area contributed by atoms with Crippen LogP contribution in [0.4, 0.5) is 0 Å². The molecule has 0 aliphatic carbocycles. The lowest BCUT2D eigenvalue weighted by atomic mass is 9.97. The van der Waals surface area contributed by atoms with E-state index in [-0.39, 0.29) is 6.10 Å². The third-order valence-electron chi connectivity index (χ3n) is 3.08. The monoisotopic (exact) mass is 231 g/mol. The van der Waals surface area contributed by atoms with E-state index in [9.17, 15) is 0 Å². The van der Waals surface area contributed by atoms with Gasteiger partial charge in [0.1, 0.15) is 0 Å². The molecule has 2 rings (SSSR count). The molecule has 1 unspecified atom stereocenters. The third-order valence-corrected chi connectivity index (χ3v) is 3.08. The predicted octanol–water partition coefficient (Wildman–Crippen LogP) is 2.86. The van der Waals surface area contributed by atoms with Crippen LogP contribution in [0.1, 0.15) is 31.1 Å². The first-order valence-corrected chi connectivity index (χ1v) is 6.31. The van der Waals surface area contributed by atoms with Crippen molar-refractivity contribution in [2.45, 2.75) is 26.4 Å². The van der Waals surface area contributed by atoms with E-state index in [0.717, 1.165) is 26.1 Å². The summed E-state index contributed by atoms with van der Waals surface area (Å²) in [5.41, 5.74) is 4.14. The first kappa shape index (κ1) is 12.3. The summed E-state index contributed by atoms with van der Waals surface area (Å²) in [5, 5.41) is 3.43. The predicted molar refractivity (Wildman–Crippen MR) is 71.1 cm³/mol. The Morgan fingerprint density at radius 1 is 1.41 bits per heavy atom. The van der Waals surface area contributed by atoms with Gasteiger partial charge in [0.2, 0.25) is 0 Å². The molecule has 0 radical (unpaired) electrons. The van der Waals surface area contributed by atoms with E-state index in [1.165, 1.54) is 16.7 Å². The Hall–Kier alpha value is -1.12. The Balaban J connectivity index is 1.92. The molecule has 0 amide bonds. The molecule has 1 aromatic rings. The summed E-state index contributed by atoms with van der Waals surface area (Å²) in [5.74, 6) is 0. The molecule has 0 saturated carbocycles. The number of hydrogen-bond donors (Lipinski definition) is 1. The van der Waals surface area contributed by atoms with Gasteiger partial charge in [0.15, 0.2) is 0 Å². The quantitative estimate of drug-likeness (QED) is 0.635. The van der Waals surface area contributed by atoms with E-state index in [0.29, 0.717) is 0 Å². The molecule has 1 aliphatic rings. The van der Waals surface area contributed by atoms with Crippen LogP contribution in [0.3, 0.4) is 0 Å². The number of fused-ring (bicyclic) bond motifs is 1. The fourth-order valence-corrected chi connectivity index (χ4v) is 2.14. The molecule has 1 aromatic carbocycles. The minimum Gasteiger partial charge on any atom is -0.372 e. The molecule has 17 heavy (non-hydrogen) atoms. The van der Waals surface area contributed by atoms with Gasteiger partial charge in [0.05, 0.1) is 12.7 Å². The molecule has 2 nitrogen and oxygen atoms in total. The van der Waals surface area contributed by atoms with Crippen LogP contribution in [0, 0.1) is 0 Å². The molecule has 1 N–H and O–H groups in total. The van der Waals surface area contributed by atoms with Crippen LogP contribution in [-0.4, -0.2) is 19.7 Å². The van der Waals surface area contributed by atoms with Crippen molar-refractivity contribution < 1.29 is 4.74 Å². The van der Waals surface area contributed by atoms with Gasteiger partial charge in [0.25, 0.3) is 0 Å². The average Bonchev–Trinajstić information content (AvgIpc) is 2.34. The second-order valence-corrected chi connectivity index (χ2v) is 4.75. The highest BCUT2D eigenvalue weighted by molar-refractivity contribution is 5.31. The summed E-state index contributed by atoms with van der Waals surface area (Å²) >= 11 is 0. The van der Waals surface area contributed by atoms with Crippen LogP contribution in [0.5, 0.6) is 0 Å². The minimum atomic E-state index is 0.213. The van der Waals surface area contributed by atoms with Crippen LogP contribution >= 0.6 is 0 Å². The van der Waals surface area contributed by atoms with Crippen molar-refractivity contribution >= 4 is 0 Å². The number of rotatable bonds is 4. The first-order chi connectivity index (χ1) is 8.27. The van der Waals surface area contributed by atoms with Crippen LogP contribution in [0.25, 0.3) is 0 Å². The lowest BCUT2D eigenvalue weighted by Crippen LogP contribution is -2.27. The molecule has 1 heterocycles. The Bertz CT molecular complexity index is 394. The molecule has 1 atom stereocenters. The van der Waals surface area contributed by atoms with Gasteiger partial charge in [-0.25, -0.2) is 0 Å². The van der Waals surface area contributed by atoms with Crippen molar-refractivity contribution in [3.63, 3.8) is 0 Å². The Morgan fingerprint density at radius 3 is 3.06 bits per heavy atom.